The number of aromatic nitrogens is 3. The molecular formula is C23H31N5O2S. The number of hydrogen-bond acceptors (Lipinski definition) is 6. The van der Waals surface area contributed by atoms with Crippen molar-refractivity contribution in [2.45, 2.75) is 39.7 Å². The highest BCUT2D eigenvalue weighted by atomic mass is 32.1. The van der Waals surface area contributed by atoms with Gasteiger partial charge in [0, 0.05) is 38.4 Å². The zero-order valence-corrected chi connectivity index (χ0v) is 19.4. The first-order chi connectivity index (χ1) is 15.1. The van der Waals surface area contributed by atoms with Gasteiger partial charge in [-0.15, -0.1) is 0 Å². The summed E-state index contributed by atoms with van der Waals surface area (Å²) >= 11 is 1.59. The predicted octanol–water partition coefficient (Wildman–Crippen LogP) is 4.01. The Morgan fingerprint density at radius 1 is 1.26 bits per heavy atom. The van der Waals surface area contributed by atoms with Crippen molar-refractivity contribution in [3.8, 4) is 0 Å². The quantitative estimate of drug-likeness (QED) is 0.529. The minimum Gasteiger partial charge on any atom is -0.379 e. The van der Waals surface area contributed by atoms with E-state index in [1.54, 1.807) is 28.3 Å². The summed E-state index contributed by atoms with van der Waals surface area (Å²) in [6, 6.07) is 8.28. The molecule has 1 saturated heterocycles. The van der Waals surface area contributed by atoms with Crippen molar-refractivity contribution < 1.29 is 9.53 Å². The number of ether oxygens (including phenoxy) is 1. The number of anilines is 1. The molecule has 1 fully saturated rings. The molecule has 4 rings (SSSR count). The molecule has 3 heterocycles. The highest BCUT2D eigenvalue weighted by Crippen LogP contribution is 2.31. The predicted molar refractivity (Wildman–Crippen MR) is 125 cm³/mol. The topological polar surface area (TPSA) is 63.5 Å². The summed E-state index contributed by atoms with van der Waals surface area (Å²) in [5.41, 5.74) is 2.83. The molecule has 166 valence electrons. The zero-order chi connectivity index (χ0) is 21.8. The van der Waals surface area contributed by atoms with E-state index in [-0.39, 0.29) is 11.9 Å². The molecule has 1 aromatic carbocycles. The van der Waals surface area contributed by atoms with Gasteiger partial charge in [-0.25, -0.2) is 4.98 Å². The van der Waals surface area contributed by atoms with Gasteiger partial charge < -0.3 is 4.74 Å². The van der Waals surface area contributed by atoms with Crippen LogP contribution < -0.4 is 4.90 Å². The van der Waals surface area contributed by atoms with E-state index in [1.807, 2.05) is 18.7 Å². The molecule has 0 aliphatic carbocycles. The molecule has 0 atom stereocenters. The van der Waals surface area contributed by atoms with E-state index in [4.69, 9.17) is 9.72 Å². The smallest absolute Gasteiger partial charge is 0.278 e. The molecule has 0 N–H and O–H groups in total. The summed E-state index contributed by atoms with van der Waals surface area (Å²) in [6.07, 6.45) is 3.57. The van der Waals surface area contributed by atoms with Gasteiger partial charge in [0.05, 0.1) is 23.4 Å². The summed E-state index contributed by atoms with van der Waals surface area (Å²) < 4.78 is 8.36. The first-order valence-corrected chi connectivity index (χ1v) is 11.9. The lowest BCUT2D eigenvalue weighted by Gasteiger charge is -2.28. The first-order valence-electron chi connectivity index (χ1n) is 11.1. The minimum absolute atomic E-state index is 0.0389. The van der Waals surface area contributed by atoms with E-state index >= 15 is 0 Å². The second-order valence-electron chi connectivity index (χ2n) is 8.17. The number of amides is 1. The number of fused-ring (bicyclic) bond motifs is 1. The average molecular weight is 442 g/mol. The van der Waals surface area contributed by atoms with Crippen molar-refractivity contribution in [1.29, 1.82) is 0 Å². The van der Waals surface area contributed by atoms with Crippen LogP contribution >= 0.6 is 11.3 Å². The van der Waals surface area contributed by atoms with Crippen molar-refractivity contribution in [2.75, 3.05) is 44.3 Å². The van der Waals surface area contributed by atoms with Crippen molar-refractivity contribution in [2.24, 2.45) is 0 Å². The van der Waals surface area contributed by atoms with Crippen molar-refractivity contribution >= 4 is 32.6 Å². The van der Waals surface area contributed by atoms with Gasteiger partial charge in [0.15, 0.2) is 5.13 Å². The number of nitrogens with zero attached hydrogens (tertiary/aromatic N) is 5. The summed E-state index contributed by atoms with van der Waals surface area (Å²) in [6.45, 7) is 11.3. The van der Waals surface area contributed by atoms with Gasteiger partial charge in [0.1, 0.15) is 5.69 Å². The van der Waals surface area contributed by atoms with Crippen LogP contribution in [0.25, 0.3) is 10.2 Å². The average Bonchev–Trinajstić information content (AvgIpc) is 3.43. The highest BCUT2D eigenvalue weighted by Gasteiger charge is 2.25. The van der Waals surface area contributed by atoms with Crippen LogP contribution in [0.3, 0.4) is 0 Å². The second kappa shape index (κ2) is 9.89. The lowest BCUT2D eigenvalue weighted by Crippen LogP contribution is -2.39. The highest BCUT2D eigenvalue weighted by molar-refractivity contribution is 7.22. The molecule has 0 unspecified atom stereocenters. The minimum atomic E-state index is -0.0389. The number of thiazole rings is 1. The fourth-order valence-corrected chi connectivity index (χ4v) is 4.94. The standard InChI is InChI=1S/C23H31N5O2S/c1-4-18-6-7-19-21(16-18)31-23(25-19)27(11-5-10-26-12-14-30-15-13-26)22(29)20-8-9-24-28(20)17(2)3/h6-9,16-17H,4-5,10-15H2,1-3H3. The molecule has 1 amide bonds. The Hall–Kier alpha value is -2.29. The van der Waals surface area contributed by atoms with Crippen LogP contribution in [0.2, 0.25) is 0 Å². The summed E-state index contributed by atoms with van der Waals surface area (Å²) in [4.78, 5) is 22.7. The third kappa shape index (κ3) is 4.97. The fraction of sp³-hybridized carbons (Fsp3) is 0.522. The molecular weight excluding hydrogens is 410 g/mol. The SMILES string of the molecule is CCc1ccc2nc(N(CCCN3CCOCC3)C(=O)c3ccnn3C(C)C)sc2c1. The molecule has 0 bridgehead atoms. The van der Waals surface area contributed by atoms with Gasteiger partial charge in [-0.2, -0.15) is 5.10 Å². The molecule has 0 spiro atoms. The molecule has 1 aliphatic heterocycles. The number of carbonyl (C=O) groups is 1. The Kier molecular flexibility index (Phi) is 6.99. The zero-order valence-electron chi connectivity index (χ0n) is 18.6. The lowest BCUT2D eigenvalue weighted by molar-refractivity contribution is 0.0376. The number of rotatable bonds is 8. The van der Waals surface area contributed by atoms with Gasteiger partial charge in [0.2, 0.25) is 0 Å². The Morgan fingerprint density at radius 2 is 2.06 bits per heavy atom. The maximum absolute atomic E-state index is 13.6. The molecule has 0 radical (unpaired) electrons. The lowest BCUT2D eigenvalue weighted by atomic mass is 10.2. The number of aryl methyl sites for hydroxylation is 1. The molecule has 3 aromatic rings. The molecule has 31 heavy (non-hydrogen) atoms. The third-order valence-electron chi connectivity index (χ3n) is 5.66. The van der Waals surface area contributed by atoms with Crippen LogP contribution in [-0.4, -0.2) is 65.0 Å². The van der Waals surface area contributed by atoms with E-state index in [0.29, 0.717) is 12.2 Å². The second-order valence-corrected chi connectivity index (χ2v) is 9.18. The van der Waals surface area contributed by atoms with E-state index in [0.717, 1.165) is 61.0 Å². The van der Waals surface area contributed by atoms with Gasteiger partial charge in [-0.1, -0.05) is 24.3 Å². The van der Waals surface area contributed by atoms with Gasteiger partial charge in [0.25, 0.3) is 5.91 Å². The van der Waals surface area contributed by atoms with Crippen molar-refractivity contribution in [3.63, 3.8) is 0 Å². The van der Waals surface area contributed by atoms with E-state index in [2.05, 4.69) is 35.1 Å². The Labute approximate surface area is 187 Å². The maximum atomic E-state index is 13.6. The van der Waals surface area contributed by atoms with Gasteiger partial charge in [-0.3, -0.25) is 19.3 Å². The normalized spacial score (nSPS) is 15.1. The maximum Gasteiger partial charge on any atom is 0.278 e. The monoisotopic (exact) mass is 441 g/mol. The van der Waals surface area contributed by atoms with Crippen LogP contribution in [0.1, 0.15) is 49.3 Å². The Bertz CT molecular complexity index is 1020. The summed E-state index contributed by atoms with van der Waals surface area (Å²) in [5.74, 6) is -0.0389. The largest absolute Gasteiger partial charge is 0.379 e. The number of benzene rings is 1. The number of hydrogen-bond donors (Lipinski definition) is 0. The Morgan fingerprint density at radius 3 is 2.81 bits per heavy atom. The van der Waals surface area contributed by atoms with Crippen LogP contribution in [-0.2, 0) is 11.2 Å². The van der Waals surface area contributed by atoms with Crippen LogP contribution in [0, 0.1) is 0 Å². The summed E-state index contributed by atoms with van der Waals surface area (Å²) in [5, 5.41) is 5.12. The third-order valence-corrected chi connectivity index (χ3v) is 6.71. The van der Waals surface area contributed by atoms with Crippen LogP contribution in [0.4, 0.5) is 5.13 Å². The number of carbonyl (C=O) groups excluding carboxylic acids is 1. The first kappa shape index (κ1) is 21.9. The van der Waals surface area contributed by atoms with Crippen molar-refractivity contribution in [1.82, 2.24) is 19.7 Å². The van der Waals surface area contributed by atoms with Crippen molar-refractivity contribution in [3.05, 3.63) is 41.7 Å². The molecule has 7 nitrogen and oxygen atoms in total. The van der Waals surface area contributed by atoms with Gasteiger partial charge >= 0.3 is 0 Å². The van der Waals surface area contributed by atoms with Crippen LogP contribution in [0.15, 0.2) is 30.5 Å². The molecule has 2 aromatic heterocycles. The van der Waals surface area contributed by atoms with Crippen LogP contribution in [0.5, 0.6) is 0 Å². The molecule has 0 saturated carbocycles. The molecule has 8 heteroatoms. The summed E-state index contributed by atoms with van der Waals surface area (Å²) in [7, 11) is 0. The van der Waals surface area contributed by atoms with E-state index < -0.39 is 0 Å². The van der Waals surface area contributed by atoms with E-state index in [9.17, 15) is 4.79 Å². The number of morpholine rings is 1. The van der Waals surface area contributed by atoms with E-state index in [1.165, 1.54) is 5.56 Å². The fourth-order valence-electron chi connectivity index (χ4n) is 3.89. The Balaban J connectivity index is 1.60. The van der Waals surface area contributed by atoms with Gasteiger partial charge in [-0.05, 0) is 50.5 Å². The molecule has 1 aliphatic rings.